The SMILES string of the molecule is CNC(=O)c1cccc(NC(=O)C2=NNC(=O)CC2)c1. The number of benzene rings is 1. The van der Waals surface area contributed by atoms with Gasteiger partial charge < -0.3 is 10.6 Å². The van der Waals surface area contributed by atoms with Crippen molar-refractivity contribution in [2.75, 3.05) is 12.4 Å². The van der Waals surface area contributed by atoms with Gasteiger partial charge in [0, 0.05) is 31.1 Å². The highest BCUT2D eigenvalue weighted by molar-refractivity contribution is 6.43. The fourth-order valence-corrected chi connectivity index (χ4v) is 1.72. The molecule has 104 valence electrons. The highest BCUT2D eigenvalue weighted by Crippen LogP contribution is 2.11. The van der Waals surface area contributed by atoms with E-state index in [0.717, 1.165) is 0 Å². The van der Waals surface area contributed by atoms with Crippen LogP contribution >= 0.6 is 0 Å². The minimum atomic E-state index is -0.390. The van der Waals surface area contributed by atoms with E-state index in [1.807, 2.05) is 0 Å². The lowest BCUT2D eigenvalue weighted by atomic mass is 10.1. The summed E-state index contributed by atoms with van der Waals surface area (Å²) < 4.78 is 0. The zero-order valence-corrected chi connectivity index (χ0v) is 10.9. The third-order valence-electron chi connectivity index (χ3n) is 2.78. The van der Waals surface area contributed by atoms with E-state index in [4.69, 9.17) is 0 Å². The Kier molecular flexibility index (Phi) is 4.09. The monoisotopic (exact) mass is 274 g/mol. The van der Waals surface area contributed by atoms with E-state index in [1.165, 1.54) is 7.05 Å². The molecule has 1 aromatic rings. The third-order valence-corrected chi connectivity index (χ3v) is 2.78. The van der Waals surface area contributed by atoms with Crippen LogP contribution in [-0.2, 0) is 9.59 Å². The average Bonchev–Trinajstić information content (AvgIpc) is 2.47. The van der Waals surface area contributed by atoms with Crippen LogP contribution in [-0.4, -0.2) is 30.5 Å². The topological polar surface area (TPSA) is 99.7 Å². The first kappa shape index (κ1) is 13.7. The van der Waals surface area contributed by atoms with Gasteiger partial charge >= 0.3 is 0 Å². The molecule has 3 N–H and O–H groups in total. The number of amides is 3. The second-order valence-electron chi connectivity index (χ2n) is 4.21. The Hall–Kier alpha value is -2.70. The summed E-state index contributed by atoms with van der Waals surface area (Å²) in [5.74, 6) is -0.828. The van der Waals surface area contributed by atoms with E-state index in [1.54, 1.807) is 24.3 Å². The molecule has 20 heavy (non-hydrogen) atoms. The van der Waals surface area contributed by atoms with Crippen molar-refractivity contribution in [1.82, 2.24) is 10.7 Å². The molecular formula is C13H14N4O3. The molecule has 1 aromatic carbocycles. The number of rotatable bonds is 3. The van der Waals surface area contributed by atoms with E-state index < -0.39 is 0 Å². The number of anilines is 1. The van der Waals surface area contributed by atoms with Crippen LogP contribution in [0.1, 0.15) is 23.2 Å². The van der Waals surface area contributed by atoms with Crippen LogP contribution in [0.25, 0.3) is 0 Å². The number of hydrogen-bond acceptors (Lipinski definition) is 4. The highest BCUT2D eigenvalue weighted by atomic mass is 16.2. The zero-order chi connectivity index (χ0) is 14.5. The number of hydrogen-bond donors (Lipinski definition) is 3. The maximum absolute atomic E-state index is 11.9. The van der Waals surface area contributed by atoms with Crippen molar-refractivity contribution in [2.45, 2.75) is 12.8 Å². The molecule has 7 nitrogen and oxygen atoms in total. The first-order valence-electron chi connectivity index (χ1n) is 6.09. The van der Waals surface area contributed by atoms with E-state index in [-0.39, 0.29) is 29.9 Å². The van der Waals surface area contributed by atoms with Crippen molar-refractivity contribution in [3.8, 4) is 0 Å². The minimum Gasteiger partial charge on any atom is -0.355 e. The fraction of sp³-hybridized carbons (Fsp3) is 0.231. The van der Waals surface area contributed by atoms with Crippen molar-refractivity contribution in [1.29, 1.82) is 0 Å². The van der Waals surface area contributed by atoms with Gasteiger partial charge in [-0.15, -0.1) is 0 Å². The van der Waals surface area contributed by atoms with Crippen molar-refractivity contribution >= 4 is 29.1 Å². The Morgan fingerprint density at radius 3 is 2.70 bits per heavy atom. The molecule has 0 fully saturated rings. The number of carbonyl (C=O) groups is 3. The van der Waals surface area contributed by atoms with Crippen LogP contribution in [0, 0.1) is 0 Å². The second kappa shape index (κ2) is 5.96. The van der Waals surface area contributed by atoms with Gasteiger partial charge in [-0.1, -0.05) is 6.07 Å². The zero-order valence-electron chi connectivity index (χ0n) is 10.9. The quantitative estimate of drug-likeness (QED) is 0.736. The summed E-state index contributed by atoms with van der Waals surface area (Å²) in [5.41, 5.74) is 3.47. The molecule has 0 bridgehead atoms. The predicted octanol–water partition coefficient (Wildman–Crippen LogP) is 0.251. The van der Waals surface area contributed by atoms with Crippen LogP contribution < -0.4 is 16.1 Å². The Morgan fingerprint density at radius 2 is 2.05 bits per heavy atom. The van der Waals surface area contributed by atoms with Crippen molar-refractivity contribution in [3.05, 3.63) is 29.8 Å². The Balaban J connectivity index is 2.08. The van der Waals surface area contributed by atoms with Gasteiger partial charge in [-0.25, -0.2) is 5.43 Å². The third kappa shape index (κ3) is 3.19. The second-order valence-corrected chi connectivity index (χ2v) is 4.21. The molecule has 2 rings (SSSR count). The van der Waals surface area contributed by atoms with Crippen LogP contribution in [0.3, 0.4) is 0 Å². The van der Waals surface area contributed by atoms with Gasteiger partial charge in [0.2, 0.25) is 5.91 Å². The average molecular weight is 274 g/mol. The normalized spacial score (nSPS) is 14.1. The van der Waals surface area contributed by atoms with Crippen LogP contribution in [0.15, 0.2) is 29.4 Å². The first-order chi connectivity index (χ1) is 9.60. The lowest BCUT2D eigenvalue weighted by Crippen LogP contribution is -2.32. The Labute approximate surface area is 115 Å². The molecular weight excluding hydrogens is 260 g/mol. The highest BCUT2D eigenvalue weighted by Gasteiger charge is 2.18. The largest absolute Gasteiger partial charge is 0.355 e. The van der Waals surface area contributed by atoms with E-state index in [9.17, 15) is 14.4 Å². The minimum absolute atomic E-state index is 0.205. The molecule has 3 amide bonds. The van der Waals surface area contributed by atoms with Gasteiger partial charge in [-0.05, 0) is 18.2 Å². The van der Waals surface area contributed by atoms with Crippen LogP contribution in [0.5, 0.6) is 0 Å². The summed E-state index contributed by atoms with van der Waals surface area (Å²) in [7, 11) is 1.53. The van der Waals surface area contributed by atoms with Gasteiger partial charge in [0.25, 0.3) is 11.8 Å². The first-order valence-corrected chi connectivity index (χ1v) is 6.09. The molecule has 0 saturated carbocycles. The number of carbonyl (C=O) groups excluding carboxylic acids is 3. The summed E-state index contributed by atoms with van der Waals surface area (Å²) >= 11 is 0. The molecule has 1 aliphatic rings. The predicted molar refractivity (Wildman–Crippen MR) is 73.3 cm³/mol. The molecule has 1 aliphatic heterocycles. The molecule has 1 heterocycles. The molecule has 0 spiro atoms. The van der Waals surface area contributed by atoms with E-state index in [0.29, 0.717) is 17.7 Å². The maximum atomic E-state index is 11.9. The summed E-state index contributed by atoms with van der Waals surface area (Å²) in [6.07, 6.45) is 0.539. The van der Waals surface area contributed by atoms with E-state index >= 15 is 0 Å². The molecule has 0 radical (unpaired) electrons. The van der Waals surface area contributed by atoms with Gasteiger partial charge in [0.15, 0.2) is 0 Å². The van der Waals surface area contributed by atoms with Crippen molar-refractivity contribution in [3.63, 3.8) is 0 Å². The molecule has 0 saturated heterocycles. The lowest BCUT2D eigenvalue weighted by molar-refractivity contribution is -0.121. The summed E-state index contributed by atoms with van der Waals surface area (Å²) in [6.45, 7) is 0. The molecule has 7 heteroatoms. The van der Waals surface area contributed by atoms with Crippen LogP contribution in [0.4, 0.5) is 5.69 Å². The van der Waals surface area contributed by atoms with Crippen LogP contribution in [0.2, 0.25) is 0 Å². The molecule has 0 unspecified atom stereocenters. The fourth-order valence-electron chi connectivity index (χ4n) is 1.72. The number of nitrogens with zero attached hydrogens (tertiary/aromatic N) is 1. The van der Waals surface area contributed by atoms with Crippen molar-refractivity contribution in [2.24, 2.45) is 5.10 Å². The Bertz CT molecular complexity index is 595. The van der Waals surface area contributed by atoms with Gasteiger partial charge in [0.05, 0.1) is 0 Å². The standard InChI is InChI=1S/C13H14N4O3/c1-14-12(19)8-3-2-4-9(7-8)15-13(20)10-5-6-11(18)17-16-10/h2-4,7H,5-6H2,1H3,(H,14,19)(H,15,20)(H,17,18). The van der Waals surface area contributed by atoms with Gasteiger partial charge in [0.1, 0.15) is 5.71 Å². The summed E-state index contributed by atoms with van der Waals surface area (Å²) in [4.78, 5) is 34.4. The van der Waals surface area contributed by atoms with Gasteiger partial charge in [-0.2, -0.15) is 5.10 Å². The maximum Gasteiger partial charge on any atom is 0.271 e. The van der Waals surface area contributed by atoms with Gasteiger partial charge in [-0.3, -0.25) is 14.4 Å². The molecule has 0 atom stereocenters. The van der Waals surface area contributed by atoms with E-state index in [2.05, 4.69) is 21.2 Å². The number of hydrazone groups is 1. The molecule has 0 aromatic heterocycles. The number of nitrogens with one attached hydrogen (secondary N) is 3. The summed E-state index contributed by atoms with van der Waals surface area (Å²) in [6, 6.07) is 6.56. The lowest BCUT2D eigenvalue weighted by Gasteiger charge is -2.12. The van der Waals surface area contributed by atoms with Crippen molar-refractivity contribution < 1.29 is 14.4 Å². The summed E-state index contributed by atoms with van der Waals surface area (Å²) in [5, 5.41) is 8.86. The Morgan fingerprint density at radius 1 is 1.25 bits per heavy atom. The molecule has 0 aliphatic carbocycles. The smallest absolute Gasteiger partial charge is 0.271 e.